The molecule has 2 saturated heterocycles. The van der Waals surface area contributed by atoms with Crippen LogP contribution in [-0.2, 0) is 4.79 Å². The minimum Gasteiger partial charge on any atom is -0.324 e. The number of hydrogen-bond donors (Lipinski definition) is 1. The summed E-state index contributed by atoms with van der Waals surface area (Å²) in [5, 5.41) is 3.47. The predicted molar refractivity (Wildman–Crippen MR) is 71.2 cm³/mol. The molecule has 0 aromatic carbocycles. The van der Waals surface area contributed by atoms with Gasteiger partial charge in [0.1, 0.15) is 0 Å². The summed E-state index contributed by atoms with van der Waals surface area (Å²) in [7, 11) is 0. The first-order valence-electron chi connectivity index (χ1n) is 7.45. The lowest BCUT2D eigenvalue weighted by molar-refractivity contribution is -0.131. The third-order valence-electron chi connectivity index (χ3n) is 4.85. The van der Waals surface area contributed by atoms with E-state index in [0.29, 0.717) is 11.9 Å². The normalized spacial score (nSPS) is 33.1. The molecule has 0 radical (unpaired) electrons. The number of carbonyl (C=O) groups is 1. The average molecular weight is 251 g/mol. The molecule has 0 bridgehead atoms. The van der Waals surface area contributed by atoms with Crippen LogP contribution in [0.5, 0.6) is 0 Å². The van der Waals surface area contributed by atoms with E-state index in [1.807, 2.05) is 0 Å². The van der Waals surface area contributed by atoms with Gasteiger partial charge in [0.2, 0.25) is 5.91 Å². The van der Waals surface area contributed by atoms with E-state index in [2.05, 4.69) is 29.0 Å². The highest BCUT2D eigenvalue weighted by molar-refractivity contribution is 5.91. The number of carbonyl (C=O) groups excluding carboxylic acids is 1. The standard InChI is InChI=1S/C14H25N3O/c1-11(16-8-4-3-5-9-16)10-17-12(2)15-14(6-7-14)13(17)18/h11-12,15H,3-10H2,1-2H3. The van der Waals surface area contributed by atoms with Crippen molar-refractivity contribution in [2.24, 2.45) is 0 Å². The SMILES string of the molecule is CC(CN1C(=O)C2(CC2)NC1C)N1CCCCC1. The van der Waals surface area contributed by atoms with Crippen molar-refractivity contribution in [2.75, 3.05) is 19.6 Å². The molecule has 102 valence electrons. The first-order chi connectivity index (χ1) is 8.62. The highest BCUT2D eigenvalue weighted by Crippen LogP contribution is 2.42. The van der Waals surface area contributed by atoms with Crippen molar-refractivity contribution in [3.05, 3.63) is 0 Å². The summed E-state index contributed by atoms with van der Waals surface area (Å²) in [6.07, 6.45) is 6.28. The van der Waals surface area contributed by atoms with E-state index in [-0.39, 0.29) is 11.7 Å². The summed E-state index contributed by atoms with van der Waals surface area (Å²) in [6, 6.07) is 0.493. The fourth-order valence-electron chi connectivity index (χ4n) is 3.47. The Morgan fingerprint density at radius 1 is 1.33 bits per heavy atom. The Balaban J connectivity index is 1.60. The van der Waals surface area contributed by atoms with Crippen LogP contribution in [0.25, 0.3) is 0 Å². The zero-order valence-corrected chi connectivity index (χ0v) is 11.6. The molecule has 1 aliphatic carbocycles. The second-order valence-corrected chi connectivity index (χ2v) is 6.31. The van der Waals surface area contributed by atoms with Crippen LogP contribution in [0.2, 0.25) is 0 Å². The zero-order chi connectivity index (χ0) is 12.8. The van der Waals surface area contributed by atoms with Crippen molar-refractivity contribution >= 4 is 5.91 Å². The third kappa shape index (κ3) is 2.05. The first kappa shape index (κ1) is 12.4. The number of amides is 1. The molecule has 18 heavy (non-hydrogen) atoms. The number of hydrogen-bond acceptors (Lipinski definition) is 3. The lowest BCUT2D eigenvalue weighted by atomic mass is 10.1. The van der Waals surface area contributed by atoms with Crippen LogP contribution < -0.4 is 5.32 Å². The Labute approximate surface area is 110 Å². The lowest BCUT2D eigenvalue weighted by Gasteiger charge is -2.35. The molecule has 3 aliphatic rings. The number of rotatable bonds is 3. The number of nitrogens with zero attached hydrogens (tertiary/aromatic N) is 2. The molecular formula is C14H25N3O. The molecule has 3 fully saturated rings. The average Bonchev–Trinajstić information content (AvgIpc) is 3.12. The maximum absolute atomic E-state index is 12.4. The maximum Gasteiger partial charge on any atom is 0.244 e. The molecule has 4 heteroatoms. The Bertz CT molecular complexity index is 334. The van der Waals surface area contributed by atoms with E-state index in [0.717, 1.165) is 19.4 Å². The molecule has 2 unspecified atom stereocenters. The van der Waals surface area contributed by atoms with Gasteiger partial charge in [0.25, 0.3) is 0 Å². The fourth-order valence-corrected chi connectivity index (χ4v) is 3.47. The summed E-state index contributed by atoms with van der Waals surface area (Å²) >= 11 is 0. The molecule has 0 aromatic rings. The van der Waals surface area contributed by atoms with Crippen molar-refractivity contribution in [2.45, 2.75) is 63.7 Å². The summed E-state index contributed by atoms with van der Waals surface area (Å²) in [4.78, 5) is 17.0. The van der Waals surface area contributed by atoms with Crippen molar-refractivity contribution < 1.29 is 4.79 Å². The van der Waals surface area contributed by atoms with Gasteiger partial charge in [-0.1, -0.05) is 6.42 Å². The number of piperidine rings is 1. The van der Waals surface area contributed by atoms with Gasteiger partial charge in [-0.15, -0.1) is 0 Å². The molecule has 1 amide bonds. The van der Waals surface area contributed by atoms with Crippen LogP contribution in [0, 0.1) is 0 Å². The van der Waals surface area contributed by atoms with Gasteiger partial charge in [0, 0.05) is 12.6 Å². The van der Waals surface area contributed by atoms with Crippen LogP contribution >= 0.6 is 0 Å². The van der Waals surface area contributed by atoms with E-state index in [1.165, 1.54) is 32.4 Å². The van der Waals surface area contributed by atoms with Gasteiger partial charge in [-0.05, 0) is 52.6 Å². The third-order valence-corrected chi connectivity index (χ3v) is 4.85. The molecular weight excluding hydrogens is 226 g/mol. The van der Waals surface area contributed by atoms with E-state index in [4.69, 9.17) is 0 Å². The second-order valence-electron chi connectivity index (χ2n) is 6.31. The molecule has 1 saturated carbocycles. The Hall–Kier alpha value is -0.610. The van der Waals surface area contributed by atoms with E-state index in [1.54, 1.807) is 0 Å². The van der Waals surface area contributed by atoms with Crippen LogP contribution in [0.1, 0.15) is 46.0 Å². The maximum atomic E-state index is 12.4. The van der Waals surface area contributed by atoms with Gasteiger partial charge < -0.3 is 4.90 Å². The summed E-state index contributed by atoms with van der Waals surface area (Å²) in [5.41, 5.74) is -0.152. The van der Waals surface area contributed by atoms with Gasteiger partial charge in [0.05, 0.1) is 11.7 Å². The zero-order valence-electron chi connectivity index (χ0n) is 11.6. The van der Waals surface area contributed by atoms with Crippen LogP contribution in [0.3, 0.4) is 0 Å². The quantitative estimate of drug-likeness (QED) is 0.818. The first-order valence-corrected chi connectivity index (χ1v) is 7.45. The number of likely N-dealkylation sites (tertiary alicyclic amines) is 1. The van der Waals surface area contributed by atoms with E-state index in [9.17, 15) is 4.79 Å². The van der Waals surface area contributed by atoms with E-state index >= 15 is 0 Å². The Kier molecular flexibility index (Phi) is 3.10. The van der Waals surface area contributed by atoms with Gasteiger partial charge in [0.15, 0.2) is 0 Å². The van der Waals surface area contributed by atoms with Crippen molar-refractivity contribution in [1.82, 2.24) is 15.1 Å². The van der Waals surface area contributed by atoms with Gasteiger partial charge >= 0.3 is 0 Å². The van der Waals surface area contributed by atoms with Crippen molar-refractivity contribution in [3.8, 4) is 0 Å². The van der Waals surface area contributed by atoms with Crippen molar-refractivity contribution in [1.29, 1.82) is 0 Å². The molecule has 1 N–H and O–H groups in total. The summed E-state index contributed by atoms with van der Waals surface area (Å²) in [6.45, 7) is 7.68. The highest BCUT2D eigenvalue weighted by atomic mass is 16.2. The minimum atomic E-state index is -0.152. The van der Waals surface area contributed by atoms with Gasteiger partial charge in [-0.25, -0.2) is 0 Å². The smallest absolute Gasteiger partial charge is 0.244 e. The summed E-state index contributed by atoms with van der Waals surface area (Å²) in [5.74, 6) is 0.346. The Morgan fingerprint density at radius 2 is 2.00 bits per heavy atom. The lowest BCUT2D eigenvalue weighted by Crippen LogP contribution is -2.47. The highest BCUT2D eigenvalue weighted by Gasteiger charge is 2.58. The molecule has 0 aromatic heterocycles. The largest absolute Gasteiger partial charge is 0.324 e. The Morgan fingerprint density at radius 3 is 2.56 bits per heavy atom. The van der Waals surface area contributed by atoms with Gasteiger partial charge in [-0.2, -0.15) is 0 Å². The molecule has 1 spiro atoms. The molecule has 2 aliphatic heterocycles. The molecule has 4 nitrogen and oxygen atoms in total. The van der Waals surface area contributed by atoms with E-state index < -0.39 is 0 Å². The van der Waals surface area contributed by atoms with Gasteiger partial charge in [-0.3, -0.25) is 15.0 Å². The molecule has 2 heterocycles. The monoisotopic (exact) mass is 251 g/mol. The topological polar surface area (TPSA) is 35.6 Å². The molecule has 2 atom stereocenters. The fraction of sp³-hybridized carbons (Fsp3) is 0.929. The van der Waals surface area contributed by atoms with Crippen LogP contribution in [0.4, 0.5) is 0 Å². The second kappa shape index (κ2) is 4.49. The minimum absolute atomic E-state index is 0.152. The van der Waals surface area contributed by atoms with Crippen LogP contribution in [-0.4, -0.2) is 53.1 Å². The van der Waals surface area contributed by atoms with Crippen LogP contribution in [0.15, 0.2) is 0 Å². The van der Waals surface area contributed by atoms with Crippen molar-refractivity contribution in [3.63, 3.8) is 0 Å². The number of nitrogens with one attached hydrogen (secondary N) is 1. The predicted octanol–water partition coefficient (Wildman–Crippen LogP) is 1.17. The summed E-state index contributed by atoms with van der Waals surface area (Å²) < 4.78 is 0. The molecule has 3 rings (SSSR count).